The van der Waals surface area contributed by atoms with Crippen molar-refractivity contribution in [3.05, 3.63) is 39.4 Å². The summed E-state index contributed by atoms with van der Waals surface area (Å²) in [4.78, 5) is 25.4. The normalized spacial score (nSPS) is 17.1. The number of hydrogen-bond acceptors (Lipinski definition) is 5. The van der Waals surface area contributed by atoms with Crippen molar-refractivity contribution in [1.29, 1.82) is 0 Å². The van der Waals surface area contributed by atoms with E-state index in [1.165, 1.54) is 0 Å². The van der Waals surface area contributed by atoms with E-state index in [0.29, 0.717) is 18.4 Å². The Morgan fingerprint density at radius 1 is 1.30 bits per heavy atom. The maximum atomic E-state index is 12.1. The minimum atomic E-state index is -0.00647. The Balaban J connectivity index is 1.91. The number of rotatable bonds is 2. The third kappa shape index (κ3) is 2.63. The van der Waals surface area contributed by atoms with E-state index in [-0.39, 0.29) is 11.2 Å². The van der Waals surface area contributed by atoms with Crippen LogP contribution in [0.2, 0.25) is 0 Å². The van der Waals surface area contributed by atoms with Crippen molar-refractivity contribution >= 4 is 17.1 Å². The Bertz CT molecular complexity index is 676. The molecule has 4 nitrogen and oxygen atoms in total. The van der Waals surface area contributed by atoms with Gasteiger partial charge in [0.25, 0.3) is 0 Å². The molecule has 0 amide bonds. The Kier molecular flexibility index (Phi) is 3.17. The van der Waals surface area contributed by atoms with Gasteiger partial charge in [-0.3, -0.25) is 4.79 Å². The monoisotopic (exact) mass is 287 g/mol. The highest BCUT2D eigenvalue weighted by Gasteiger charge is 2.32. The molecule has 2 aromatic heterocycles. The number of fused-ring (bicyclic) bond motifs is 1. The van der Waals surface area contributed by atoms with E-state index >= 15 is 0 Å². The Hall–Kier alpha value is -1.62. The number of carbonyl (C=O) groups is 1. The summed E-state index contributed by atoms with van der Waals surface area (Å²) >= 11 is 1.62. The first-order chi connectivity index (χ1) is 9.43. The van der Waals surface area contributed by atoms with Gasteiger partial charge in [-0.15, -0.1) is 11.3 Å². The van der Waals surface area contributed by atoms with Gasteiger partial charge in [0.05, 0.1) is 17.7 Å². The lowest BCUT2D eigenvalue weighted by Gasteiger charge is -2.29. The lowest BCUT2D eigenvalue weighted by Crippen LogP contribution is -2.28. The Morgan fingerprint density at radius 3 is 2.80 bits per heavy atom. The van der Waals surface area contributed by atoms with Crippen LogP contribution in [0.1, 0.15) is 52.8 Å². The van der Waals surface area contributed by atoms with Crippen molar-refractivity contribution in [2.75, 3.05) is 0 Å². The van der Waals surface area contributed by atoms with E-state index in [2.05, 4.69) is 28.8 Å². The molecule has 0 unspecified atom stereocenters. The van der Waals surface area contributed by atoms with Gasteiger partial charge in [-0.1, -0.05) is 13.8 Å². The summed E-state index contributed by atoms with van der Waals surface area (Å²) in [5.74, 6) is 0.913. The molecular weight excluding hydrogens is 270 g/mol. The zero-order chi connectivity index (χ0) is 14.3. The van der Waals surface area contributed by atoms with Gasteiger partial charge in [0.1, 0.15) is 10.8 Å². The average molecular weight is 287 g/mol. The molecule has 104 valence electrons. The molecule has 1 aliphatic carbocycles. The summed E-state index contributed by atoms with van der Waals surface area (Å²) in [5.41, 5.74) is 2.61. The second-order valence-electron chi connectivity index (χ2n) is 6.15. The number of aryl methyl sites for hydroxylation is 1. The molecule has 0 fully saturated rings. The van der Waals surface area contributed by atoms with Crippen LogP contribution in [-0.2, 0) is 12.8 Å². The van der Waals surface area contributed by atoms with Crippen molar-refractivity contribution in [2.24, 2.45) is 5.41 Å². The summed E-state index contributed by atoms with van der Waals surface area (Å²) in [6, 6.07) is 0. The fourth-order valence-electron chi connectivity index (χ4n) is 2.58. The van der Waals surface area contributed by atoms with Crippen LogP contribution in [0.25, 0.3) is 0 Å². The molecule has 20 heavy (non-hydrogen) atoms. The van der Waals surface area contributed by atoms with Crippen molar-refractivity contribution in [1.82, 2.24) is 15.0 Å². The molecule has 0 saturated carbocycles. The second kappa shape index (κ2) is 4.74. The van der Waals surface area contributed by atoms with E-state index in [9.17, 15) is 4.79 Å². The highest BCUT2D eigenvalue weighted by molar-refractivity contribution is 7.09. The third-order valence-electron chi connectivity index (χ3n) is 3.48. The van der Waals surface area contributed by atoms with Gasteiger partial charge in [0, 0.05) is 23.7 Å². The molecule has 0 bridgehead atoms. The first-order valence-electron chi connectivity index (χ1n) is 6.72. The van der Waals surface area contributed by atoms with Crippen LogP contribution in [0.15, 0.2) is 11.6 Å². The molecule has 0 aliphatic heterocycles. The fraction of sp³-hybridized carbons (Fsp3) is 0.467. The number of nitrogens with zero attached hydrogens (tertiary/aromatic N) is 3. The van der Waals surface area contributed by atoms with Crippen molar-refractivity contribution in [3.63, 3.8) is 0 Å². The summed E-state index contributed by atoms with van der Waals surface area (Å²) in [7, 11) is 0. The molecule has 5 heteroatoms. The lowest BCUT2D eigenvalue weighted by atomic mass is 9.76. The van der Waals surface area contributed by atoms with Crippen molar-refractivity contribution in [3.8, 4) is 0 Å². The van der Waals surface area contributed by atoms with Gasteiger partial charge in [-0.25, -0.2) is 15.0 Å². The van der Waals surface area contributed by atoms with Crippen LogP contribution in [0.4, 0.5) is 0 Å². The van der Waals surface area contributed by atoms with E-state index in [1.807, 2.05) is 12.3 Å². The third-order valence-corrected chi connectivity index (χ3v) is 4.45. The van der Waals surface area contributed by atoms with Gasteiger partial charge in [0.2, 0.25) is 0 Å². The minimum absolute atomic E-state index is 0.00647. The molecule has 0 atom stereocenters. The topological polar surface area (TPSA) is 55.7 Å². The molecule has 0 N–H and O–H groups in total. The summed E-state index contributed by atoms with van der Waals surface area (Å²) in [6.07, 6.45) is 3.74. The maximum absolute atomic E-state index is 12.1. The van der Waals surface area contributed by atoms with E-state index in [0.717, 1.165) is 28.6 Å². The molecule has 0 aromatic carbocycles. The zero-order valence-electron chi connectivity index (χ0n) is 11.9. The van der Waals surface area contributed by atoms with Crippen LogP contribution < -0.4 is 0 Å². The number of carbonyl (C=O) groups excluding carboxylic acids is 1. The van der Waals surface area contributed by atoms with E-state index < -0.39 is 0 Å². The molecule has 0 saturated heterocycles. The molecule has 0 spiro atoms. The van der Waals surface area contributed by atoms with Crippen LogP contribution >= 0.6 is 11.3 Å². The van der Waals surface area contributed by atoms with E-state index in [1.54, 1.807) is 17.5 Å². The molecule has 0 radical (unpaired) electrons. The number of aromatic nitrogens is 3. The van der Waals surface area contributed by atoms with Crippen molar-refractivity contribution in [2.45, 2.75) is 40.0 Å². The van der Waals surface area contributed by atoms with Crippen molar-refractivity contribution < 1.29 is 4.79 Å². The van der Waals surface area contributed by atoms with Gasteiger partial charge < -0.3 is 0 Å². The lowest BCUT2D eigenvalue weighted by molar-refractivity contribution is 0.0909. The van der Waals surface area contributed by atoms with E-state index in [4.69, 9.17) is 0 Å². The fourth-order valence-corrected chi connectivity index (χ4v) is 3.34. The number of hydrogen-bond donors (Lipinski definition) is 0. The minimum Gasteiger partial charge on any atom is -0.294 e. The van der Waals surface area contributed by atoms with Crippen LogP contribution in [0.3, 0.4) is 0 Å². The number of thiazole rings is 1. The first-order valence-corrected chi connectivity index (χ1v) is 7.60. The quantitative estimate of drug-likeness (QED) is 0.852. The van der Waals surface area contributed by atoms with Gasteiger partial charge in [-0.05, 0) is 18.8 Å². The predicted molar refractivity (Wildman–Crippen MR) is 78.1 cm³/mol. The Morgan fingerprint density at radius 2 is 2.10 bits per heavy atom. The highest BCUT2D eigenvalue weighted by atomic mass is 32.1. The van der Waals surface area contributed by atoms with Gasteiger partial charge in [0.15, 0.2) is 5.78 Å². The highest BCUT2D eigenvalue weighted by Crippen LogP contribution is 2.33. The SMILES string of the molecule is Cc1csc(Cc2ncc3c(n2)CC(C)(C)CC3=O)n1. The molecule has 2 aromatic rings. The second-order valence-corrected chi connectivity index (χ2v) is 7.09. The summed E-state index contributed by atoms with van der Waals surface area (Å²) in [6.45, 7) is 6.20. The average Bonchev–Trinajstić information content (AvgIpc) is 2.72. The molecule has 3 rings (SSSR count). The summed E-state index contributed by atoms with van der Waals surface area (Å²) < 4.78 is 0. The molecular formula is C15H17N3OS. The molecule has 2 heterocycles. The smallest absolute Gasteiger partial charge is 0.166 e. The maximum Gasteiger partial charge on any atom is 0.166 e. The molecule has 1 aliphatic rings. The van der Waals surface area contributed by atoms with Crippen LogP contribution in [-0.4, -0.2) is 20.7 Å². The first kappa shape index (κ1) is 13.4. The Labute approximate surface area is 122 Å². The summed E-state index contributed by atoms with van der Waals surface area (Å²) in [5, 5.41) is 3.05. The van der Waals surface area contributed by atoms with Gasteiger partial charge >= 0.3 is 0 Å². The number of ketones is 1. The van der Waals surface area contributed by atoms with Gasteiger partial charge in [-0.2, -0.15) is 0 Å². The standard InChI is InChI=1S/C15H17N3OS/c1-9-8-20-14(17-9)4-13-16-7-10-11(18-13)5-15(2,3)6-12(10)19/h7-8H,4-6H2,1-3H3. The van der Waals surface area contributed by atoms with Crippen LogP contribution in [0.5, 0.6) is 0 Å². The number of Topliss-reactive ketones (excluding diaryl/α,β-unsaturated/α-hetero) is 1. The zero-order valence-corrected chi connectivity index (χ0v) is 12.8. The largest absolute Gasteiger partial charge is 0.294 e. The van der Waals surface area contributed by atoms with Crippen LogP contribution in [0, 0.1) is 12.3 Å². The predicted octanol–water partition coefficient (Wildman–Crippen LogP) is 2.99.